The van der Waals surface area contributed by atoms with Gasteiger partial charge < -0.3 is 9.30 Å². The molecule has 0 saturated heterocycles. The van der Waals surface area contributed by atoms with Gasteiger partial charge in [-0.3, -0.25) is 4.79 Å². The number of rotatable bonds is 3. The first-order chi connectivity index (χ1) is 8.11. The van der Waals surface area contributed by atoms with Crippen LogP contribution in [0.4, 0.5) is 0 Å². The van der Waals surface area contributed by atoms with Gasteiger partial charge in [0.05, 0.1) is 30.9 Å². The Labute approximate surface area is 108 Å². The van der Waals surface area contributed by atoms with Gasteiger partial charge in [-0.05, 0) is 25.1 Å². The summed E-state index contributed by atoms with van der Waals surface area (Å²) in [4.78, 5) is 15.6. The summed E-state index contributed by atoms with van der Waals surface area (Å²) in [5.74, 6) is -0.214. The summed E-state index contributed by atoms with van der Waals surface area (Å²) < 4.78 is 7.65. The van der Waals surface area contributed by atoms with Gasteiger partial charge in [-0.2, -0.15) is 0 Å². The van der Waals surface area contributed by atoms with E-state index in [1.54, 1.807) is 6.33 Å². The molecule has 0 aliphatic carbocycles. The molecule has 0 saturated carbocycles. The lowest BCUT2D eigenvalue weighted by Crippen LogP contribution is -2.11. The van der Waals surface area contributed by atoms with Gasteiger partial charge in [-0.25, -0.2) is 4.98 Å². The van der Waals surface area contributed by atoms with Crippen LogP contribution in [0.5, 0.6) is 0 Å². The van der Waals surface area contributed by atoms with E-state index in [0.717, 1.165) is 15.5 Å². The fourth-order valence-electron chi connectivity index (χ4n) is 1.77. The van der Waals surface area contributed by atoms with Crippen LogP contribution in [0.1, 0.15) is 19.4 Å². The molecule has 0 spiro atoms. The largest absolute Gasteiger partial charge is 0.469 e. The summed E-state index contributed by atoms with van der Waals surface area (Å²) >= 11 is 3.43. The highest BCUT2D eigenvalue weighted by Crippen LogP contribution is 2.23. The average Bonchev–Trinajstić information content (AvgIpc) is 2.71. The zero-order valence-corrected chi connectivity index (χ0v) is 11.3. The van der Waals surface area contributed by atoms with Gasteiger partial charge in [0.1, 0.15) is 0 Å². The van der Waals surface area contributed by atoms with E-state index in [1.807, 2.05) is 29.7 Å². The summed E-state index contributed by atoms with van der Waals surface area (Å²) in [5, 5.41) is 0. The predicted molar refractivity (Wildman–Crippen MR) is 68.8 cm³/mol. The Bertz CT molecular complexity index is 550. The monoisotopic (exact) mass is 296 g/mol. The van der Waals surface area contributed by atoms with Gasteiger partial charge in [0.15, 0.2) is 0 Å². The van der Waals surface area contributed by atoms with Crippen LogP contribution < -0.4 is 0 Å². The maximum Gasteiger partial charge on any atom is 0.307 e. The lowest BCUT2D eigenvalue weighted by molar-refractivity contribution is -0.141. The van der Waals surface area contributed by atoms with E-state index >= 15 is 0 Å². The number of carbonyl (C=O) groups is 1. The van der Waals surface area contributed by atoms with Crippen LogP contribution in [0.2, 0.25) is 0 Å². The molecule has 1 aromatic heterocycles. The van der Waals surface area contributed by atoms with E-state index in [4.69, 9.17) is 0 Å². The minimum absolute atomic E-state index is 0.0294. The van der Waals surface area contributed by atoms with Crippen LogP contribution in [0.3, 0.4) is 0 Å². The van der Waals surface area contributed by atoms with Gasteiger partial charge in [0, 0.05) is 10.5 Å². The summed E-state index contributed by atoms with van der Waals surface area (Å²) in [6, 6.07) is 5.92. The van der Waals surface area contributed by atoms with Crippen molar-refractivity contribution in [3.05, 3.63) is 29.0 Å². The average molecular weight is 297 g/mol. The summed E-state index contributed by atoms with van der Waals surface area (Å²) in [7, 11) is 1.40. The predicted octanol–water partition coefficient (Wildman–Crippen LogP) is 2.92. The Kier molecular flexibility index (Phi) is 3.47. The number of methoxy groups -OCH3 is 1. The maximum atomic E-state index is 11.3. The quantitative estimate of drug-likeness (QED) is 0.818. The first-order valence-corrected chi connectivity index (χ1v) is 6.10. The van der Waals surface area contributed by atoms with Crippen LogP contribution >= 0.6 is 15.9 Å². The van der Waals surface area contributed by atoms with E-state index in [9.17, 15) is 4.79 Å². The highest BCUT2D eigenvalue weighted by Gasteiger charge is 2.13. The van der Waals surface area contributed by atoms with Crippen molar-refractivity contribution in [2.24, 2.45) is 0 Å². The second kappa shape index (κ2) is 4.87. The first-order valence-electron chi connectivity index (χ1n) is 5.30. The van der Waals surface area contributed by atoms with Crippen molar-refractivity contribution in [1.82, 2.24) is 9.55 Å². The lowest BCUT2D eigenvalue weighted by atomic mass is 10.2. The number of carbonyl (C=O) groups excluding carboxylic acids is 1. The lowest BCUT2D eigenvalue weighted by Gasteiger charge is -2.12. The van der Waals surface area contributed by atoms with E-state index in [1.165, 1.54) is 7.11 Å². The number of aromatic nitrogens is 2. The first kappa shape index (κ1) is 12.1. The summed E-state index contributed by atoms with van der Waals surface area (Å²) in [6.07, 6.45) is 2.10. The number of benzene rings is 1. The van der Waals surface area contributed by atoms with E-state index in [0.29, 0.717) is 6.42 Å². The zero-order chi connectivity index (χ0) is 12.4. The fourth-order valence-corrected chi connectivity index (χ4v) is 2.12. The van der Waals surface area contributed by atoms with Crippen LogP contribution in [0.15, 0.2) is 29.0 Å². The highest BCUT2D eigenvalue weighted by atomic mass is 79.9. The molecule has 4 nitrogen and oxygen atoms in total. The standard InChI is InChI=1S/C12H13BrN2O2/c1-8(5-12(16)17-2)15-7-14-10-4-3-9(13)6-11(10)15/h3-4,6-8H,5H2,1-2H3. The zero-order valence-electron chi connectivity index (χ0n) is 9.68. The topological polar surface area (TPSA) is 44.1 Å². The van der Waals surface area contributed by atoms with E-state index < -0.39 is 0 Å². The Morgan fingerprint density at radius 2 is 2.35 bits per heavy atom. The van der Waals surface area contributed by atoms with Crippen molar-refractivity contribution >= 4 is 32.9 Å². The minimum Gasteiger partial charge on any atom is -0.469 e. The number of ether oxygens (including phenoxy) is 1. The molecule has 0 aliphatic heterocycles. The minimum atomic E-state index is -0.214. The molecule has 1 heterocycles. The van der Waals surface area contributed by atoms with Crippen LogP contribution in [0.25, 0.3) is 11.0 Å². The third kappa shape index (κ3) is 2.49. The molecular formula is C12H13BrN2O2. The molecule has 2 rings (SSSR count). The number of hydrogen-bond donors (Lipinski definition) is 0. The SMILES string of the molecule is COC(=O)CC(C)n1cnc2ccc(Br)cc21. The number of fused-ring (bicyclic) bond motifs is 1. The van der Waals surface area contributed by atoms with Gasteiger partial charge in [0.2, 0.25) is 0 Å². The van der Waals surface area contributed by atoms with Crippen molar-refractivity contribution in [3.63, 3.8) is 0 Å². The number of halogens is 1. The molecular weight excluding hydrogens is 284 g/mol. The molecule has 0 bridgehead atoms. The second-order valence-electron chi connectivity index (χ2n) is 3.91. The van der Waals surface area contributed by atoms with Crippen LogP contribution in [-0.2, 0) is 9.53 Å². The van der Waals surface area contributed by atoms with Crippen molar-refractivity contribution in [3.8, 4) is 0 Å². The van der Waals surface area contributed by atoms with E-state index in [-0.39, 0.29) is 12.0 Å². The normalized spacial score (nSPS) is 12.6. The fraction of sp³-hybridized carbons (Fsp3) is 0.333. The van der Waals surface area contributed by atoms with Crippen molar-refractivity contribution in [1.29, 1.82) is 0 Å². The van der Waals surface area contributed by atoms with Gasteiger partial charge in [0.25, 0.3) is 0 Å². The van der Waals surface area contributed by atoms with Gasteiger partial charge >= 0.3 is 5.97 Å². The molecule has 90 valence electrons. The second-order valence-corrected chi connectivity index (χ2v) is 4.83. The molecule has 1 unspecified atom stereocenters. The maximum absolute atomic E-state index is 11.3. The number of nitrogens with zero attached hydrogens (tertiary/aromatic N) is 2. The van der Waals surface area contributed by atoms with Crippen molar-refractivity contribution < 1.29 is 9.53 Å². The molecule has 0 fully saturated rings. The Hall–Kier alpha value is -1.36. The molecule has 0 aliphatic rings. The Morgan fingerprint density at radius 3 is 3.06 bits per heavy atom. The van der Waals surface area contributed by atoms with Gasteiger partial charge in [-0.15, -0.1) is 0 Å². The molecule has 0 amide bonds. The molecule has 17 heavy (non-hydrogen) atoms. The number of hydrogen-bond acceptors (Lipinski definition) is 3. The number of imidazole rings is 1. The molecule has 2 aromatic rings. The summed E-state index contributed by atoms with van der Waals surface area (Å²) in [6.45, 7) is 1.97. The molecule has 1 atom stereocenters. The Morgan fingerprint density at radius 1 is 1.59 bits per heavy atom. The third-order valence-electron chi connectivity index (χ3n) is 2.70. The summed E-state index contributed by atoms with van der Waals surface area (Å²) in [5.41, 5.74) is 1.93. The van der Waals surface area contributed by atoms with Gasteiger partial charge in [-0.1, -0.05) is 15.9 Å². The van der Waals surface area contributed by atoms with Crippen molar-refractivity contribution in [2.75, 3.05) is 7.11 Å². The third-order valence-corrected chi connectivity index (χ3v) is 3.19. The highest BCUT2D eigenvalue weighted by molar-refractivity contribution is 9.10. The van der Waals surface area contributed by atoms with E-state index in [2.05, 4.69) is 25.7 Å². The molecule has 0 radical (unpaired) electrons. The smallest absolute Gasteiger partial charge is 0.307 e. The number of esters is 1. The molecule has 1 aromatic carbocycles. The van der Waals surface area contributed by atoms with Crippen LogP contribution in [-0.4, -0.2) is 22.6 Å². The molecule has 0 N–H and O–H groups in total. The Balaban J connectivity index is 2.35. The molecule has 5 heteroatoms. The van der Waals surface area contributed by atoms with Crippen molar-refractivity contribution in [2.45, 2.75) is 19.4 Å². The van der Waals surface area contributed by atoms with Crippen LogP contribution in [0, 0.1) is 0 Å².